The molecular weight excluding hydrogens is 322 g/mol. The Morgan fingerprint density at radius 2 is 2.12 bits per heavy atom. The number of benzene rings is 1. The summed E-state index contributed by atoms with van der Waals surface area (Å²) in [5.41, 5.74) is 2.13. The second-order valence-corrected chi connectivity index (χ2v) is 6.30. The van der Waals surface area contributed by atoms with E-state index in [4.69, 9.17) is 16.3 Å². The highest BCUT2D eigenvalue weighted by molar-refractivity contribution is 6.32. The van der Waals surface area contributed by atoms with E-state index in [0.717, 1.165) is 12.0 Å². The van der Waals surface area contributed by atoms with Crippen molar-refractivity contribution in [1.82, 2.24) is 4.98 Å². The van der Waals surface area contributed by atoms with E-state index >= 15 is 0 Å². The number of halogens is 1. The molecule has 2 aromatic rings. The van der Waals surface area contributed by atoms with Crippen molar-refractivity contribution in [3.05, 3.63) is 58.8 Å². The fourth-order valence-electron chi connectivity index (χ4n) is 2.31. The molecule has 0 aliphatic carbocycles. The quantitative estimate of drug-likeness (QED) is 0.645. The van der Waals surface area contributed by atoms with E-state index in [1.807, 2.05) is 43.3 Å². The van der Waals surface area contributed by atoms with E-state index in [1.165, 1.54) is 5.56 Å². The molecule has 0 unspecified atom stereocenters. The zero-order valence-electron chi connectivity index (χ0n) is 14.3. The Hall–Kier alpha value is -2.13. The van der Waals surface area contributed by atoms with Gasteiger partial charge in [-0.15, -0.1) is 0 Å². The number of pyridine rings is 1. The molecule has 1 aromatic carbocycles. The fraction of sp³-hybridized carbons (Fsp3) is 0.300. The first-order chi connectivity index (χ1) is 11.5. The minimum absolute atomic E-state index is 0.194. The number of carbonyl (C=O) groups excluding carboxylic acids is 1. The van der Waals surface area contributed by atoms with Crippen LogP contribution in [0.4, 0.5) is 0 Å². The number of ether oxygens (including phenoxy) is 1. The summed E-state index contributed by atoms with van der Waals surface area (Å²) in [5.74, 6) is 1.50. The van der Waals surface area contributed by atoms with Gasteiger partial charge in [-0.1, -0.05) is 43.7 Å². The minimum atomic E-state index is 0.194. The van der Waals surface area contributed by atoms with Crippen LogP contribution in [0.3, 0.4) is 0 Å². The first-order valence-electron chi connectivity index (χ1n) is 8.08. The lowest BCUT2D eigenvalue weighted by molar-refractivity contribution is -0.117. The number of hydrogen-bond donors (Lipinski definition) is 0. The lowest BCUT2D eigenvalue weighted by Gasteiger charge is -2.08. The van der Waals surface area contributed by atoms with E-state index in [9.17, 15) is 4.79 Å². The molecule has 0 N–H and O–H groups in total. The second-order valence-electron chi connectivity index (χ2n) is 5.89. The van der Waals surface area contributed by atoms with Crippen LogP contribution >= 0.6 is 11.6 Å². The maximum atomic E-state index is 11.1. The predicted molar refractivity (Wildman–Crippen MR) is 98.6 cm³/mol. The summed E-state index contributed by atoms with van der Waals surface area (Å²) < 4.78 is 5.73. The molecule has 2 rings (SSSR count). The summed E-state index contributed by atoms with van der Waals surface area (Å²) in [6, 6.07) is 9.49. The minimum Gasteiger partial charge on any atom is -0.437 e. The number of rotatable bonds is 7. The number of aromatic nitrogens is 1. The Balaban J connectivity index is 2.02. The molecule has 1 heterocycles. The van der Waals surface area contributed by atoms with Gasteiger partial charge in [-0.25, -0.2) is 4.98 Å². The normalized spacial score (nSPS) is 12.3. The van der Waals surface area contributed by atoms with Crippen molar-refractivity contribution in [1.29, 1.82) is 0 Å². The van der Waals surface area contributed by atoms with Crippen LogP contribution < -0.4 is 4.74 Å². The van der Waals surface area contributed by atoms with Crippen LogP contribution in [0.15, 0.2) is 42.6 Å². The Morgan fingerprint density at radius 1 is 1.33 bits per heavy atom. The smallest absolute Gasteiger partial charge is 0.219 e. The molecule has 1 atom stereocenters. The highest BCUT2D eigenvalue weighted by Crippen LogP contribution is 2.29. The number of Topliss-reactive ketones (excluding diaryl/α,β-unsaturated/α-hetero) is 1. The molecule has 0 saturated heterocycles. The van der Waals surface area contributed by atoms with Crippen molar-refractivity contribution in [2.45, 2.75) is 33.6 Å². The molecule has 0 radical (unpaired) electrons. The SMILES string of the molecule is CCc1ccc(Oc2ccc(/C=C/[C@H](C)CC(C)=O)cn2)c(Cl)c1. The maximum Gasteiger partial charge on any atom is 0.219 e. The molecule has 0 fully saturated rings. The lowest BCUT2D eigenvalue weighted by atomic mass is 10.0. The number of aryl methyl sites for hydroxylation is 1. The van der Waals surface area contributed by atoms with Crippen LogP contribution in [-0.4, -0.2) is 10.8 Å². The monoisotopic (exact) mass is 343 g/mol. The zero-order valence-corrected chi connectivity index (χ0v) is 15.0. The highest BCUT2D eigenvalue weighted by atomic mass is 35.5. The Morgan fingerprint density at radius 3 is 2.71 bits per heavy atom. The lowest BCUT2D eigenvalue weighted by Crippen LogP contribution is -1.97. The molecule has 1 aromatic heterocycles. The van der Waals surface area contributed by atoms with Gasteiger partial charge in [-0.3, -0.25) is 0 Å². The molecule has 0 aliphatic rings. The van der Waals surface area contributed by atoms with E-state index in [2.05, 4.69) is 11.9 Å². The van der Waals surface area contributed by atoms with E-state index in [-0.39, 0.29) is 11.7 Å². The molecule has 3 nitrogen and oxygen atoms in total. The molecule has 0 amide bonds. The Bertz CT molecular complexity index is 723. The Labute approximate surface area is 148 Å². The summed E-state index contributed by atoms with van der Waals surface area (Å²) in [7, 11) is 0. The summed E-state index contributed by atoms with van der Waals surface area (Å²) >= 11 is 6.22. The van der Waals surface area contributed by atoms with Crippen molar-refractivity contribution < 1.29 is 9.53 Å². The number of carbonyl (C=O) groups is 1. The van der Waals surface area contributed by atoms with Crippen LogP contribution in [0.1, 0.15) is 38.3 Å². The van der Waals surface area contributed by atoms with Gasteiger partial charge in [0.2, 0.25) is 5.88 Å². The van der Waals surface area contributed by atoms with Crippen LogP contribution in [0.2, 0.25) is 5.02 Å². The third kappa shape index (κ3) is 5.50. The summed E-state index contributed by atoms with van der Waals surface area (Å²) in [6.07, 6.45) is 7.20. The number of nitrogens with zero attached hydrogens (tertiary/aromatic N) is 1. The topological polar surface area (TPSA) is 39.2 Å². The highest BCUT2D eigenvalue weighted by Gasteiger charge is 2.05. The van der Waals surface area contributed by atoms with E-state index < -0.39 is 0 Å². The van der Waals surface area contributed by atoms with Crippen molar-refractivity contribution >= 4 is 23.5 Å². The van der Waals surface area contributed by atoms with Gasteiger partial charge >= 0.3 is 0 Å². The van der Waals surface area contributed by atoms with Gasteiger partial charge < -0.3 is 9.53 Å². The van der Waals surface area contributed by atoms with Gasteiger partial charge in [0.05, 0.1) is 5.02 Å². The predicted octanol–water partition coefficient (Wildman–Crippen LogP) is 5.72. The molecule has 0 spiro atoms. The second kappa shape index (κ2) is 8.65. The molecule has 126 valence electrons. The van der Waals surface area contributed by atoms with Crippen LogP contribution in [-0.2, 0) is 11.2 Å². The van der Waals surface area contributed by atoms with Gasteiger partial charge in [0.1, 0.15) is 11.5 Å². The third-order valence-corrected chi connectivity index (χ3v) is 3.90. The first-order valence-corrected chi connectivity index (χ1v) is 8.45. The standard InChI is InChI=1S/C20H22ClNO2/c1-4-16-7-9-19(18(21)12-16)24-20-10-8-17(13-22-20)6-5-14(2)11-15(3)23/h5-10,12-14H,4,11H2,1-3H3/b6-5+/t14-/m0/s1. The zero-order chi connectivity index (χ0) is 17.5. The van der Waals surface area contributed by atoms with Gasteiger partial charge in [0.15, 0.2) is 0 Å². The average Bonchev–Trinajstić information content (AvgIpc) is 2.55. The van der Waals surface area contributed by atoms with Crippen molar-refractivity contribution in [2.24, 2.45) is 5.92 Å². The first kappa shape index (κ1) is 18.2. The van der Waals surface area contributed by atoms with Gasteiger partial charge in [-0.05, 0) is 48.6 Å². The fourth-order valence-corrected chi connectivity index (χ4v) is 2.55. The molecule has 0 aliphatic heterocycles. The van der Waals surface area contributed by atoms with Gasteiger partial charge in [0, 0.05) is 18.7 Å². The molecule has 0 saturated carbocycles. The Kier molecular flexibility index (Phi) is 6.56. The molecular formula is C20H22ClNO2. The van der Waals surface area contributed by atoms with Crippen molar-refractivity contribution in [2.75, 3.05) is 0 Å². The van der Waals surface area contributed by atoms with E-state index in [1.54, 1.807) is 19.2 Å². The number of ketones is 1. The van der Waals surface area contributed by atoms with Gasteiger partial charge in [0.25, 0.3) is 0 Å². The summed E-state index contributed by atoms with van der Waals surface area (Å²) in [4.78, 5) is 15.4. The summed E-state index contributed by atoms with van der Waals surface area (Å²) in [6.45, 7) is 5.71. The van der Waals surface area contributed by atoms with Gasteiger partial charge in [-0.2, -0.15) is 0 Å². The maximum absolute atomic E-state index is 11.1. The molecule has 24 heavy (non-hydrogen) atoms. The summed E-state index contributed by atoms with van der Waals surface area (Å²) in [5, 5.41) is 0.582. The van der Waals surface area contributed by atoms with Crippen molar-refractivity contribution in [3.8, 4) is 11.6 Å². The van der Waals surface area contributed by atoms with E-state index in [0.29, 0.717) is 23.1 Å². The average molecular weight is 344 g/mol. The van der Waals surface area contributed by atoms with Crippen LogP contribution in [0.25, 0.3) is 6.08 Å². The van der Waals surface area contributed by atoms with Crippen LogP contribution in [0, 0.1) is 5.92 Å². The van der Waals surface area contributed by atoms with Crippen molar-refractivity contribution in [3.63, 3.8) is 0 Å². The molecule has 4 heteroatoms. The third-order valence-electron chi connectivity index (χ3n) is 3.60. The number of hydrogen-bond acceptors (Lipinski definition) is 3. The molecule has 0 bridgehead atoms. The number of allylic oxidation sites excluding steroid dienone is 1. The van der Waals surface area contributed by atoms with Crippen LogP contribution in [0.5, 0.6) is 11.6 Å². The largest absolute Gasteiger partial charge is 0.437 e.